The Bertz CT molecular complexity index is 744. The van der Waals surface area contributed by atoms with E-state index in [0.29, 0.717) is 0 Å². The molecular formula is C19H23N3. The lowest BCUT2D eigenvalue weighted by Crippen LogP contribution is -2.09. The number of nitrogens with zero attached hydrogens (tertiary/aromatic N) is 2. The largest absolute Gasteiger partial charge is 0.385 e. The van der Waals surface area contributed by atoms with E-state index in [-0.39, 0.29) is 0 Å². The third-order valence-corrected chi connectivity index (χ3v) is 3.96. The van der Waals surface area contributed by atoms with Crippen LogP contribution in [0, 0.1) is 6.92 Å². The van der Waals surface area contributed by atoms with Crippen molar-refractivity contribution in [1.29, 1.82) is 0 Å². The first-order chi connectivity index (χ1) is 10.8. The van der Waals surface area contributed by atoms with E-state index >= 15 is 0 Å². The molecule has 22 heavy (non-hydrogen) atoms. The average molecular weight is 293 g/mol. The molecule has 0 bridgehead atoms. The first-order valence-corrected chi connectivity index (χ1v) is 8.02. The van der Waals surface area contributed by atoms with E-state index in [2.05, 4.69) is 66.2 Å². The zero-order valence-corrected chi connectivity index (χ0v) is 13.3. The molecule has 3 aromatic rings. The van der Waals surface area contributed by atoms with E-state index in [1.807, 2.05) is 6.07 Å². The fourth-order valence-electron chi connectivity index (χ4n) is 2.83. The number of hydrogen-bond donors (Lipinski definition) is 1. The van der Waals surface area contributed by atoms with E-state index in [9.17, 15) is 0 Å². The number of fused-ring (bicyclic) bond motifs is 1. The van der Waals surface area contributed by atoms with Crippen LogP contribution in [-0.4, -0.2) is 16.1 Å². The Balaban J connectivity index is 1.69. The first kappa shape index (κ1) is 14.6. The Hall–Kier alpha value is -2.29. The lowest BCUT2D eigenvalue weighted by molar-refractivity contribution is 0.645. The number of anilines is 1. The molecule has 0 aliphatic carbocycles. The van der Waals surface area contributed by atoms with Gasteiger partial charge >= 0.3 is 0 Å². The van der Waals surface area contributed by atoms with Gasteiger partial charge in [0.25, 0.3) is 0 Å². The van der Waals surface area contributed by atoms with Crippen LogP contribution in [0.3, 0.4) is 0 Å². The van der Waals surface area contributed by atoms with Gasteiger partial charge in [-0.25, -0.2) is 4.98 Å². The number of hydrogen-bond acceptors (Lipinski definition) is 2. The molecule has 1 aromatic heterocycles. The van der Waals surface area contributed by atoms with E-state index < -0.39 is 0 Å². The van der Waals surface area contributed by atoms with Gasteiger partial charge in [0.2, 0.25) is 0 Å². The predicted molar refractivity (Wildman–Crippen MR) is 93.4 cm³/mol. The molecule has 1 N–H and O–H groups in total. The van der Waals surface area contributed by atoms with Gasteiger partial charge in [-0.3, -0.25) is 0 Å². The summed E-state index contributed by atoms with van der Waals surface area (Å²) >= 11 is 0. The van der Waals surface area contributed by atoms with Gasteiger partial charge in [0.1, 0.15) is 5.82 Å². The van der Waals surface area contributed by atoms with E-state index in [4.69, 9.17) is 4.98 Å². The Morgan fingerprint density at radius 3 is 2.68 bits per heavy atom. The molecule has 0 saturated carbocycles. The van der Waals surface area contributed by atoms with Crippen LogP contribution in [-0.2, 0) is 13.0 Å². The number of nitrogens with one attached hydrogen (secondary N) is 1. The van der Waals surface area contributed by atoms with Gasteiger partial charge in [-0.05, 0) is 43.2 Å². The Morgan fingerprint density at radius 2 is 1.91 bits per heavy atom. The van der Waals surface area contributed by atoms with Gasteiger partial charge < -0.3 is 9.88 Å². The maximum absolute atomic E-state index is 4.75. The number of para-hydroxylation sites is 1. The van der Waals surface area contributed by atoms with Crippen LogP contribution in [0.25, 0.3) is 11.0 Å². The highest BCUT2D eigenvalue weighted by Crippen LogP contribution is 2.19. The highest BCUT2D eigenvalue weighted by molar-refractivity contribution is 5.76. The second-order valence-corrected chi connectivity index (χ2v) is 5.67. The monoisotopic (exact) mass is 293 g/mol. The van der Waals surface area contributed by atoms with E-state index in [0.717, 1.165) is 31.4 Å². The molecule has 0 saturated heterocycles. The Kier molecular flexibility index (Phi) is 4.42. The molecule has 3 heteroatoms. The molecule has 1 heterocycles. The molecule has 114 valence electrons. The maximum Gasteiger partial charge on any atom is 0.109 e. The minimum atomic E-state index is 0.971. The molecule has 3 rings (SSSR count). The fourth-order valence-corrected chi connectivity index (χ4v) is 2.83. The summed E-state index contributed by atoms with van der Waals surface area (Å²) in [5.41, 5.74) is 4.85. The van der Waals surface area contributed by atoms with Gasteiger partial charge in [-0.2, -0.15) is 0 Å². The number of imidazole rings is 1. The van der Waals surface area contributed by atoms with Gasteiger partial charge in [0, 0.05) is 25.2 Å². The normalized spacial score (nSPS) is 11.0. The number of benzene rings is 2. The van der Waals surface area contributed by atoms with Crippen molar-refractivity contribution < 1.29 is 0 Å². The summed E-state index contributed by atoms with van der Waals surface area (Å²) < 4.78 is 2.37. The third kappa shape index (κ3) is 3.14. The summed E-state index contributed by atoms with van der Waals surface area (Å²) in [4.78, 5) is 4.75. The van der Waals surface area contributed by atoms with Gasteiger partial charge in [0.05, 0.1) is 11.0 Å². The molecule has 0 spiro atoms. The van der Waals surface area contributed by atoms with Gasteiger partial charge in [0.15, 0.2) is 0 Å². The van der Waals surface area contributed by atoms with Crippen molar-refractivity contribution in [3.8, 4) is 0 Å². The Morgan fingerprint density at radius 1 is 1.09 bits per heavy atom. The standard InChI is InChI=1S/C19H23N3/c1-3-19-21-17-11-10-15(2)14-18(17)22(19)13-7-12-20-16-8-5-4-6-9-16/h4-6,8-11,14,20H,3,7,12-13H2,1-2H3. The molecule has 0 atom stereocenters. The zero-order chi connectivity index (χ0) is 15.4. The molecule has 0 aliphatic heterocycles. The SMILES string of the molecule is CCc1nc2ccc(C)cc2n1CCCNc1ccccc1. The quantitative estimate of drug-likeness (QED) is 0.682. The van der Waals surface area contributed by atoms with Crippen molar-refractivity contribution in [1.82, 2.24) is 9.55 Å². The van der Waals surface area contributed by atoms with Gasteiger partial charge in [-0.15, -0.1) is 0 Å². The first-order valence-electron chi connectivity index (χ1n) is 8.02. The van der Waals surface area contributed by atoms with Crippen molar-refractivity contribution >= 4 is 16.7 Å². The molecular weight excluding hydrogens is 270 g/mol. The highest BCUT2D eigenvalue weighted by atomic mass is 15.1. The van der Waals surface area contributed by atoms with Gasteiger partial charge in [-0.1, -0.05) is 31.2 Å². The minimum absolute atomic E-state index is 0.971. The van der Waals surface area contributed by atoms with Crippen LogP contribution in [0.15, 0.2) is 48.5 Å². The Labute approximate surface area is 132 Å². The minimum Gasteiger partial charge on any atom is -0.385 e. The molecule has 0 amide bonds. The lowest BCUT2D eigenvalue weighted by atomic mass is 10.2. The number of aryl methyl sites for hydroxylation is 3. The van der Waals surface area contributed by atoms with Crippen molar-refractivity contribution in [3.63, 3.8) is 0 Å². The second-order valence-electron chi connectivity index (χ2n) is 5.67. The van der Waals surface area contributed by atoms with Crippen LogP contribution in [0.4, 0.5) is 5.69 Å². The smallest absolute Gasteiger partial charge is 0.109 e. The van der Waals surface area contributed by atoms with Crippen LogP contribution in [0.1, 0.15) is 24.7 Å². The van der Waals surface area contributed by atoms with E-state index in [1.54, 1.807) is 0 Å². The third-order valence-electron chi connectivity index (χ3n) is 3.96. The summed E-state index contributed by atoms with van der Waals surface area (Å²) in [7, 11) is 0. The van der Waals surface area contributed by atoms with Crippen molar-refractivity contribution in [2.45, 2.75) is 33.2 Å². The lowest BCUT2D eigenvalue weighted by Gasteiger charge is -2.10. The van der Waals surface area contributed by atoms with E-state index in [1.165, 1.54) is 22.6 Å². The summed E-state index contributed by atoms with van der Waals surface area (Å²) in [6.45, 7) is 6.29. The summed E-state index contributed by atoms with van der Waals surface area (Å²) in [6.07, 6.45) is 2.06. The summed E-state index contributed by atoms with van der Waals surface area (Å²) in [5, 5.41) is 3.47. The molecule has 0 aliphatic rings. The van der Waals surface area contributed by atoms with Crippen molar-refractivity contribution in [3.05, 3.63) is 59.9 Å². The van der Waals surface area contributed by atoms with Crippen LogP contribution >= 0.6 is 0 Å². The summed E-state index contributed by atoms with van der Waals surface area (Å²) in [5.74, 6) is 1.18. The molecule has 0 fully saturated rings. The topological polar surface area (TPSA) is 29.9 Å². The highest BCUT2D eigenvalue weighted by Gasteiger charge is 2.08. The molecule has 2 aromatic carbocycles. The molecule has 0 unspecified atom stereocenters. The summed E-state index contributed by atoms with van der Waals surface area (Å²) in [6, 6.07) is 16.9. The second kappa shape index (κ2) is 6.65. The van der Waals surface area contributed by atoms with Crippen LogP contribution < -0.4 is 5.32 Å². The van der Waals surface area contributed by atoms with Crippen LogP contribution in [0.5, 0.6) is 0 Å². The molecule has 3 nitrogen and oxygen atoms in total. The molecule has 0 radical (unpaired) electrons. The number of aromatic nitrogens is 2. The average Bonchev–Trinajstić information content (AvgIpc) is 2.89. The van der Waals surface area contributed by atoms with Crippen molar-refractivity contribution in [2.75, 3.05) is 11.9 Å². The number of rotatable bonds is 6. The maximum atomic E-state index is 4.75. The zero-order valence-electron chi connectivity index (χ0n) is 13.3. The predicted octanol–water partition coefficient (Wildman–Crippen LogP) is 4.41. The van der Waals surface area contributed by atoms with Crippen molar-refractivity contribution in [2.24, 2.45) is 0 Å². The fraction of sp³-hybridized carbons (Fsp3) is 0.316. The van der Waals surface area contributed by atoms with Crippen LogP contribution in [0.2, 0.25) is 0 Å².